The second-order valence-electron chi connectivity index (χ2n) is 1.45. The largest absolute Gasteiger partial charge is 0.356 e. The zero-order valence-corrected chi connectivity index (χ0v) is 5.03. The average Bonchev–Trinajstić information content (AvgIpc) is 1.86. The van der Waals surface area contributed by atoms with E-state index in [0.29, 0.717) is 0 Å². The van der Waals surface area contributed by atoms with Gasteiger partial charge in [0.2, 0.25) is 5.91 Å². The smallest absolute Gasteiger partial charge is 0.220 e. The van der Waals surface area contributed by atoms with E-state index in [1.807, 2.05) is 0 Å². The molecular formula is C4H9NOS. The molecule has 0 spiro atoms. The van der Waals surface area contributed by atoms with Crippen LogP contribution in [-0.2, 0) is 4.79 Å². The molecule has 0 radical (unpaired) electrons. The van der Waals surface area contributed by atoms with Crippen LogP contribution in [0.25, 0.3) is 0 Å². The molecule has 1 rings (SSSR count). The van der Waals surface area contributed by atoms with E-state index in [-0.39, 0.29) is 19.4 Å². The van der Waals surface area contributed by atoms with Crippen LogP contribution in [0.5, 0.6) is 0 Å². The number of amides is 1. The summed E-state index contributed by atoms with van der Waals surface area (Å²) in [5.41, 5.74) is 0. The Morgan fingerprint density at radius 1 is 1.57 bits per heavy atom. The molecule has 7 heavy (non-hydrogen) atoms. The summed E-state index contributed by atoms with van der Waals surface area (Å²) in [6.45, 7) is 0.888. The number of rotatable bonds is 0. The molecule has 0 unspecified atom stereocenters. The number of carbonyl (C=O) groups excluding carboxylic acids is 1. The van der Waals surface area contributed by atoms with Crippen LogP contribution >= 0.6 is 13.5 Å². The first kappa shape index (κ1) is 6.82. The van der Waals surface area contributed by atoms with E-state index in [1.54, 1.807) is 0 Å². The zero-order valence-electron chi connectivity index (χ0n) is 4.03. The highest BCUT2D eigenvalue weighted by Crippen LogP contribution is 1.93. The van der Waals surface area contributed by atoms with Crippen LogP contribution in [0.1, 0.15) is 12.8 Å². The Kier molecular flexibility index (Phi) is 2.83. The Morgan fingerprint density at radius 3 is 2.43 bits per heavy atom. The molecule has 0 aromatic heterocycles. The van der Waals surface area contributed by atoms with E-state index < -0.39 is 0 Å². The Morgan fingerprint density at radius 2 is 2.29 bits per heavy atom. The Balaban J connectivity index is 0.000000360. The van der Waals surface area contributed by atoms with Crippen molar-refractivity contribution in [2.45, 2.75) is 12.8 Å². The maximum absolute atomic E-state index is 10.1. The summed E-state index contributed by atoms with van der Waals surface area (Å²) in [6, 6.07) is 0. The summed E-state index contributed by atoms with van der Waals surface area (Å²) in [5, 5.41) is 2.68. The predicted octanol–water partition coefficient (Wildman–Crippen LogP) is 0.00920. The average molecular weight is 119 g/mol. The maximum Gasteiger partial charge on any atom is 0.220 e. The van der Waals surface area contributed by atoms with Gasteiger partial charge in [0.05, 0.1) is 0 Å². The minimum Gasteiger partial charge on any atom is -0.356 e. The monoisotopic (exact) mass is 119 g/mol. The van der Waals surface area contributed by atoms with E-state index >= 15 is 0 Å². The van der Waals surface area contributed by atoms with Crippen LogP contribution in [-0.4, -0.2) is 12.5 Å². The van der Waals surface area contributed by atoms with E-state index in [2.05, 4.69) is 5.32 Å². The Labute approximate surface area is 49.7 Å². The molecule has 1 amide bonds. The van der Waals surface area contributed by atoms with Gasteiger partial charge in [-0.2, -0.15) is 13.5 Å². The number of hydrogen-bond donors (Lipinski definition) is 1. The van der Waals surface area contributed by atoms with Gasteiger partial charge in [-0.05, 0) is 6.42 Å². The third-order valence-corrected chi connectivity index (χ3v) is 0.903. The molecule has 42 valence electrons. The van der Waals surface area contributed by atoms with Gasteiger partial charge in [-0.25, -0.2) is 0 Å². The summed E-state index contributed by atoms with van der Waals surface area (Å²) >= 11 is 0. The van der Waals surface area contributed by atoms with Crippen molar-refractivity contribution in [2.24, 2.45) is 0 Å². The summed E-state index contributed by atoms with van der Waals surface area (Å²) in [7, 11) is 0. The van der Waals surface area contributed by atoms with Crippen molar-refractivity contribution < 1.29 is 4.79 Å². The van der Waals surface area contributed by atoms with Crippen LogP contribution in [0.15, 0.2) is 0 Å². The molecule has 1 fully saturated rings. The molecule has 0 atom stereocenters. The van der Waals surface area contributed by atoms with Crippen LogP contribution in [0.3, 0.4) is 0 Å². The lowest BCUT2D eigenvalue weighted by Gasteiger charge is -1.80. The fourth-order valence-electron chi connectivity index (χ4n) is 0.565. The first-order valence-corrected chi connectivity index (χ1v) is 2.16. The first-order chi connectivity index (χ1) is 2.89. The van der Waals surface area contributed by atoms with Crippen molar-refractivity contribution in [1.29, 1.82) is 0 Å². The molecule has 1 aliphatic rings. The molecular weight excluding hydrogens is 110 g/mol. The van der Waals surface area contributed by atoms with E-state index in [9.17, 15) is 4.79 Å². The van der Waals surface area contributed by atoms with Crippen LogP contribution in [0.2, 0.25) is 0 Å². The van der Waals surface area contributed by atoms with Crippen LogP contribution < -0.4 is 5.32 Å². The Hall–Kier alpha value is -0.180. The van der Waals surface area contributed by atoms with Crippen molar-refractivity contribution in [2.75, 3.05) is 6.54 Å². The minimum atomic E-state index is 0. The van der Waals surface area contributed by atoms with Gasteiger partial charge in [0, 0.05) is 13.0 Å². The van der Waals surface area contributed by atoms with Gasteiger partial charge in [-0.3, -0.25) is 4.79 Å². The third-order valence-electron chi connectivity index (χ3n) is 0.903. The fraction of sp³-hybridized carbons (Fsp3) is 0.750. The summed E-state index contributed by atoms with van der Waals surface area (Å²) in [5.74, 6) is 0.204. The summed E-state index contributed by atoms with van der Waals surface area (Å²) in [4.78, 5) is 10.1. The van der Waals surface area contributed by atoms with Gasteiger partial charge in [0.15, 0.2) is 0 Å². The minimum absolute atomic E-state index is 0. The molecule has 0 aromatic rings. The van der Waals surface area contributed by atoms with E-state index in [1.165, 1.54) is 0 Å². The summed E-state index contributed by atoms with van der Waals surface area (Å²) in [6.07, 6.45) is 1.76. The number of carbonyl (C=O) groups is 1. The molecule has 0 saturated carbocycles. The highest BCUT2D eigenvalue weighted by molar-refractivity contribution is 7.59. The van der Waals surface area contributed by atoms with Gasteiger partial charge < -0.3 is 5.32 Å². The van der Waals surface area contributed by atoms with Gasteiger partial charge in [-0.1, -0.05) is 0 Å². The Bertz CT molecular complexity index is 66.1. The van der Waals surface area contributed by atoms with Gasteiger partial charge in [0.1, 0.15) is 0 Å². The van der Waals surface area contributed by atoms with Crippen LogP contribution in [0.4, 0.5) is 0 Å². The highest BCUT2D eigenvalue weighted by atomic mass is 32.1. The fourth-order valence-corrected chi connectivity index (χ4v) is 0.565. The standard InChI is InChI=1S/C4H7NO.H2S/c6-4-2-1-3-5-4;/h1-3H2,(H,5,6);1H2. The first-order valence-electron chi connectivity index (χ1n) is 2.16. The van der Waals surface area contributed by atoms with Crippen molar-refractivity contribution >= 4 is 19.4 Å². The van der Waals surface area contributed by atoms with Crippen molar-refractivity contribution in [3.63, 3.8) is 0 Å². The van der Waals surface area contributed by atoms with Crippen molar-refractivity contribution in [1.82, 2.24) is 5.32 Å². The molecule has 1 aliphatic heterocycles. The predicted molar refractivity (Wildman–Crippen MR) is 32.6 cm³/mol. The molecule has 0 aliphatic carbocycles. The lowest BCUT2D eigenvalue weighted by Crippen LogP contribution is -2.12. The number of hydrogen-bond acceptors (Lipinski definition) is 1. The molecule has 2 nitrogen and oxygen atoms in total. The van der Waals surface area contributed by atoms with Gasteiger partial charge in [0.25, 0.3) is 0 Å². The zero-order chi connectivity index (χ0) is 4.41. The van der Waals surface area contributed by atoms with E-state index in [4.69, 9.17) is 0 Å². The summed E-state index contributed by atoms with van der Waals surface area (Å²) < 4.78 is 0. The van der Waals surface area contributed by atoms with Crippen molar-refractivity contribution in [3.8, 4) is 0 Å². The normalized spacial score (nSPS) is 18.0. The van der Waals surface area contributed by atoms with Crippen molar-refractivity contribution in [3.05, 3.63) is 0 Å². The topological polar surface area (TPSA) is 29.1 Å². The third kappa shape index (κ3) is 1.83. The van der Waals surface area contributed by atoms with Gasteiger partial charge in [-0.15, -0.1) is 0 Å². The quantitative estimate of drug-likeness (QED) is 0.478. The maximum atomic E-state index is 10.1. The molecule has 0 bridgehead atoms. The second kappa shape index (κ2) is 2.91. The van der Waals surface area contributed by atoms with E-state index in [0.717, 1.165) is 19.4 Å². The SMILES string of the molecule is O=C1CCCN1.S. The molecule has 1 saturated heterocycles. The molecule has 1 N–H and O–H groups in total. The number of nitrogens with one attached hydrogen (secondary N) is 1. The van der Waals surface area contributed by atoms with Gasteiger partial charge >= 0.3 is 0 Å². The second-order valence-corrected chi connectivity index (χ2v) is 1.45. The van der Waals surface area contributed by atoms with Crippen LogP contribution in [0, 0.1) is 0 Å². The molecule has 1 heterocycles. The molecule has 0 aromatic carbocycles. The lowest BCUT2D eigenvalue weighted by atomic mass is 10.4. The lowest BCUT2D eigenvalue weighted by molar-refractivity contribution is -0.119. The highest BCUT2D eigenvalue weighted by Gasteiger charge is 2.05. The molecule has 3 heteroatoms.